The molecule has 0 atom stereocenters. The highest BCUT2D eigenvalue weighted by Crippen LogP contribution is 2.25. The molecule has 116 valence electrons. The molecule has 0 spiro atoms. The predicted octanol–water partition coefficient (Wildman–Crippen LogP) is 1.44. The quantitative estimate of drug-likeness (QED) is 0.547. The molecule has 1 fully saturated rings. The standard InChI is InChI=1S/C15H21NO5/c1-6-15(4,5)20-10-9-14(2,3)13(19)21-16-11(17)7-8-12(16)18/h1H,7-10H2,2-5H3. The molecule has 1 aliphatic heterocycles. The molecule has 0 N–H and O–H groups in total. The van der Waals surface area contributed by atoms with Crippen molar-refractivity contribution in [2.45, 2.75) is 52.6 Å². The van der Waals surface area contributed by atoms with Gasteiger partial charge in [-0.25, -0.2) is 4.79 Å². The number of hydrogen-bond acceptors (Lipinski definition) is 5. The number of carbonyl (C=O) groups excluding carboxylic acids is 3. The largest absolute Gasteiger partial charge is 0.363 e. The van der Waals surface area contributed by atoms with E-state index in [2.05, 4.69) is 5.92 Å². The zero-order chi connectivity index (χ0) is 16.3. The molecule has 0 aromatic heterocycles. The summed E-state index contributed by atoms with van der Waals surface area (Å²) >= 11 is 0. The first-order chi connectivity index (χ1) is 9.59. The summed E-state index contributed by atoms with van der Waals surface area (Å²) in [6.07, 6.45) is 5.81. The van der Waals surface area contributed by atoms with Crippen LogP contribution in [-0.4, -0.2) is 35.1 Å². The van der Waals surface area contributed by atoms with Gasteiger partial charge in [-0.05, 0) is 34.1 Å². The van der Waals surface area contributed by atoms with Crippen molar-refractivity contribution in [1.29, 1.82) is 0 Å². The van der Waals surface area contributed by atoms with E-state index in [0.29, 0.717) is 11.5 Å². The number of terminal acetylenes is 1. The van der Waals surface area contributed by atoms with Gasteiger partial charge in [0, 0.05) is 19.4 Å². The van der Waals surface area contributed by atoms with Crippen molar-refractivity contribution in [2.75, 3.05) is 6.61 Å². The molecule has 6 heteroatoms. The summed E-state index contributed by atoms with van der Waals surface area (Å²) in [5.41, 5.74) is -1.60. The fourth-order valence-electron chi connectivity index (χ4n) is 1.57. The molecule has 0 aromatic rings. The highest BCUT2D eigenvalue weighted by Gasteiger charge is 2.38. The Morgan fingerprint density at radius 3 is 2.24 bits per heavy atom. The lowest BCUT2D eigenvalue weighted by atomic mass is 9.90. The molecular weight excluding hydrogens is 274 g/mol. The average molecular weight is 295 g/mol. The molecule has 0 aromatic carbocycles. The van der Waals surface area contributed by atoms with Gasteiger partial charge in [0.1, 0.15) is 5.60 Å². The third-order valence-corrected chi connectivity index (χ3v) is 3.27. The van der Waals surface area contributed by atoms with Gasteiger partial charge in [0.05, 0.1) is 5.41 Å². The van der Waals surface area contributed by atoms with Crippen LogP contribution in [0.15, 0.2) is 0 Å². The third-order valence-electron chi connectivity index (χ3n) is 3.27. The monoisotopic (exact) mass is 295 g/mol. The molecule has 1 rings (SSSR count). The molecule has 2 amide bonds. The molecular formula is C15H21NO5. The minimum atomic E-state index is -0.895. The van der Waals surface area contributed by atoms with Crippen LogP contribution >= 0.6 is 0 Å². The summed E-state index contributed by atoms with van der Waals surface area (Å²) in [7, 11) is 0. The average Bonchev–Trinajstić information content (AvgIpc) is 2.70. The van der Waals surface area contributed by atoms with Gasteiger partial charge in [-0.1, -0.05) is 5.92 Å². The number of hydroxylamine groups is 2. The molecule has 1 aliphatic rings. The Kier molecular flexibility index (Phi) is 5.13. The van der Waals surface area contributed by atoms with Crippen molar-refractivity contribution in [2.24, 2.45) is 5.41 Å². The molecule has 0 radical (unpaired) electrons. The zero-order valence-electron chi connectivity index (χ0n) is 12.9. The summed E-state index contributed by atoms with van der Waals surface area (Å²) < 4.78 is 5.49. The topological polar surface area (TPSA) is 72.9 Å². The van der Waals surface area contributed by atoms with Crippen molar-refractivity contribution in [3.8, 4) is 12.3 Å². The first-order valence-corrected chi connectivity index (χ1v) is 6.79. The number of carbonyl (C=O) groups is 3. The number of nitrogens with zero attached hydrogens (tertiary/aromatic N) is 1. The van der Waals surface area contributed by atoms with Gasteiger partial charge < -0.3 is 9.57 Å². The van der Waals surface area contributed by atoms with Crippen LogP contribution < -0.4 is 0 Å². The predicted molar refractivity (Wildman–Crippen MR) is 74.4 cm³/mol. The van der Waals surface area contributed by atoms with Gasteiger partial charge in [-0.3, -0.25) is 9.59 Å². The normalized spacial score (nSPS) is 16.0. The lowest BCUT2D eigenvalue weighted by Crippen LogP contribution is -2.38. The summed E-state index contributed by atoms with van der Waals surface area (Å²) in [6, 6.07) is 0. The van der Waals surface area contributed by atoms with Crippen LogP contribution in [-0.2, 0) is 24.0 Å². The molecule has 1 heterocycles. The third kappa shape index (κ3) is 4.57. The van der Waals surface area contributed by atoms with Crippen molar-refractivity contribution in [3.05, 3.63) is 0 Å². The first kappa shape index (κ1) is 17.2. The van der Waals surface area contributed by atoms with Crippen LogP contribution in [0.25, 0.3) is 0 Å². The second-order valence-electron chi connectivity index (χ2n) is 6.10. The van der Waals surface area contributed by atoms with E-state index in [9.17, 15) is 14.4 Å². The van der Waals surface area contributed by atoms with E-state index in [4.69, 9.17) is 16.0 Å². The Morgan fingerprint density at radius 1 is 1.24 bits per heavy atom. The molecule has 6 nitrogen and oxygen atoms in total. The van der Waals surface area contributed by atoms with Gasteiger partial charge in [0.2, 0.25) is 0 Å². The number of amides is 2. The molecule has 21 heavy (non-hydrogen) atoms. The Hall–Kier alpha value is -1.87. The lowest BCUT2D eigenvalue weighted by molar-refractivity contribution is -0.204. The smallest absolute Gasteiger partial charge is 0.338 e. The number of hydrogen-bond donors (Lipinski definition) is 0. The van der Waals surface area contributed by atoms with Crippen LogP contribution in [0.5, 0.6) is 0 Å². The second-order valence-corrected chi connectivity index (χ2v) is 6.10. The summed E-state index contributed by atoms with van der Waals surface area (Å²) in [6.45, 7) is 7.08. The van der Waals surface area contributed by atoms with E-state index >= 15 is 0 Å². The molecule has 0 bridgehead atoms. The Bertz CT molecular complexity index is 471. The van der Waals surface area contributed by atoms with Crippen molar-refractivity contribution in [1.82, 2.24) is 5.06 Å². The number of rotatable bonds is 6. The van der Waals surface area contributed by atoms with Crippen LogP contribution in [0.4, 0.5) is 0 Å². The van der Waals surface area contributed by atoms with E-state index in [1.807, 2.05) is 0 Å². The van der Waals surface area contributed by atoms with Gasteiger partial charge in [0.15, 0.2) is 0 Å². The fraction of sp³-hybridized carbons (Fsp3) is 0.667. The van der Waals surface area contributed by atoms with E-state index in [1.165, 1.54) is 0 Å². The summed E-state index contributed by atoms with van der Waals surface area (Å²) in [4.78, 5) is 39.8. The SMILES string of the molecule is C#CC(C)(C)OCCC(C)(C)C(=O)ON1C(=O)CCC1=O. The number of ether oxygens (including phenoxy) is 1. The Morgan fingerprint density at radius 2 is 1.76 bits per heavy atom. The van der Waals surface area contributed by atoms with E-state index in [-0.39, 0.29) is 19.4 Å². The first-order valence-electron chi connectivity index (χ1n) is 6.79. The maximum atomic E-state index is 12.1. The van der Waals surface area contributed by atoms with E-state index in [1.54, 1.807) is 27.7 Å². The number of imide groups is 1. The molecule has 0 unspecified atom stereocenters. The minimum absolute atomic E-state index is 0.0754. The highest BCUT2D eigenvalue weighted by atomic mass is 16.7. The van der Waals surface area contributed by atoms with Crippen LogP contribution in [0.2, 0.25) is 0 Å². The Balaban J connectivity index is 2.54. The molecule has 0 saturated carbocycles. The van der Waals surface area contributed by atoms with Crippen LogP contribution in [0, 0.1) is 17.8 Å². The summed E-state index contributed by atoms with van der Waals surface area (Å²) in [5.74, 6) is 0.862. The zero-order valence-corrected chi connectivity index (χ0v) is 12.9. The van der Waals surface area contributed by atoms with Gasteiger partial charge in [0.25, 0.3) is 11.8 Å². The van der Waals surface area contributed by atoms with Gasteiger partial charge in [-0.2, -0.15) is 0 Å². The molecule has 0 aliphatic carbocycles. The maximum absolute atomic E-state index is 12.1. The Labute approximate surface area is 124 Å². The van der Waals surface area contributed by atoms with Crippen LogP contribution in [0.1, 0.15) is 47.0 Å². The fourth-order valence-corrected chi connectivity index (χ4v) is 1.57. The molecule has 1 saturated heterocycles. The van der Waals surface area contributed by atoms with Gasteiger partial charge in [-0.15, -0.1) is 11.5 Å². The highest BCUT2D eigenvalue weighted by molar-refractivity contribution is 6.01. The van der Waals surface area contributed by atoms with Gasteiger partial charge >= 0.3 is 5.97 Å². The minimum Gasteiger partial charge on any atom is -0.363 e. The van der Waals surface area contributed by atoms with Crippen molar-refractivity contribution in [3.63, 3.8) is 0 Å². The van der Waals surface area contributed by atoms with Crippen molar-refractivity contribution >= 4 is 17.8 Å². The van der Waals surface area contributed by atoms with E-state index in [0.717, 1.165) is 0 Å². The van der Waals surface area contributed by atoms with Crippen LogP contribution in [0.3, 0.4) is 0 Å². The lowest BCUT2D eigenvalue weighted by Gasteiger charge is -2.26. The summed E-state index contributed by atoms with van der Waals surface area (Å²) in [5, 5.41) is 0.552. The van der Waals surface area contributed by atoms with E-state index < -0.39 is 28.8 Å². The second kappa shape index (κ2) is 6.27. The van der Waals surface area contributed by atoms with Crippen molar-refractivity contribution < 1.29 is 24.0 Å². The maximum Gasteiger partial charge on any atom is 0.338 e.